The van der Waals surface area contributed by atoms with Crippen LogP contribution in [0.1, 0.15) is 36.9 Å². The van der Waals surface area contributed by atoms with Gasteiger partial charge in [-0.05, 0) is 48.3 Å². The molecule has 134 valence electrons. The fraction of sp³-hybridized carbons (Fsp3) is 0.381. The van der Waals surface area contributed by atoms with E-state index in [9.17, 15) is 0 Å². The zero-order chi connectivity index (χ0) is 18.1. The Labute approximate surface area is 157 Å². The minimum Gasteiger partial charge on any atom is -0.350 e. The van der Waals surface area contributed by atoms with Crippen LogP contribution in [-0.4, -0.2) is 25.8 Å². The number of likely N-dealkylation sites (N-methyl/N-ethyl adjacent to an activating group) is 1. The van der Waals surface area contributed by atoms with Gasteiger partial charge in [0.1, 0.15) is 12.6 Å². The second-order valence-electron chi connectivity index (χ2n) is 6.77. The summed E-state index contributed by atoms with van der Waals surface area (Å²) < 4.78 is 0. The highest BCUT2D eigenvalue weighted by molar-refractivity contribution is 7.80. The molecule has 2 aromatic carbocycles. The van der Waals surface area contributed by atoms with E-state index in [1.807, 2.05) is 6.07 Å². The summed E-state index contributed by atoms with van der Waals surface area (Å²) in [5, 5.41) is 7.43. The van der Waals surface area contributed by atoms with E-state index in [4.69, 9.17) is 12.2 Å². The Bertz CT molecular complexity index is 638. The minimum atomic E-state index is 0.190. The number of thiocarbonyl (C=S) groups is 1. The molecule has 3 N–H and O–H groups in total. The monoisotopic (exact) mass is 356 g/mol. The van der Waals surface area contributed by atoms with Crippen LogP contribution in [-0.2, 0) is 6.42 Å². The zero-order valence-corrected chi connectivity index (χ0v) is 16.3. The molecule has 0 unspecified atom stereocenters. The van der Waals surface area contributed by atoms with Gasteiger partial charge in [-0.2, -0.15) is 0 Å². The van der Waals surface area contributed by atoms with Gasteiger partial charge in [0.15, 0.2) is 5.11 Å². The average molecular weight is 357 g/mol. The van der Waals surface area contributed by atoms with E-state index < -0.39 is 0 Å². The molecule has 0 saturated carbocycles. The number of aryl methyl sites for hydroxylation is 1. The van der Waals surface area contributed by atoms with Crippen molar-refractivity contribution in [1.29, 1.82) is 0 Å². The second kappa shape index (κ2) is 10.2. The smallest absolute Gasteiger partial charge is 0.171 e. The molecule has 0 aliphatic rings. The lowest BCUT2D eigenvalue weighted by atomic mass is 10.1. The van der Waals surface area contributed by atoms with E-state index in [0.29, 0.717) is 5.11 Å². The van der Waals surface area contributed by atoms with Crippen LogP contribution >= 0.6 is 12.2 Å². The summed E-state index contributed by atoms with van der Waals surface area (Å²) in [6.45, 7) is 3.18. The number of anilines is 1. The fourth-order valence-corrected chi connectivity index (χ4v) is 3.07. The summed E-state index contributed by atoms with van der Waals surface area (Å²) in [6, 6.07) is 19.2. The summed E-state index contributed by atoms with van der Waals surface area (Å²) in [7, 11) is 4.31. The van der Waals surface area contributed by atoms with Crippen molar-refractivity contribution in [3.8, 4) is 0 Å². The van der Waals surface area contributed by atoms with Gasteiger partial charge < -0.3 is 15.5 Å². The molecule has 0 radical (unpaired) electrons. The second-order valence-corrected chi connectivity index (χ2v) is 7.18. The number of rotatable bonds is 8. The highest BCUT2D eigenvalue weighted by atomic mass is 32.1. The quantitative estimate of drug-likeness (QED) is 0.635. The normalized spacial score (nSPS) is 12.0. The summed E-state index contributed by atoms with van der Waals surface area (Å²) in [6.07, 6.45) is 3.60. The van der Waals surface area contributed by atoms with Gasteiger partial charge in [-0.25, -0.2) is 0 Å². The summed E-state index contributed by atoms with van der Waals surface area (Å²) >= 11 is 5.54. The summed E-state index contributed by atoms with van der Waals surface area (Å²) in [5.74, 6) is 0. The Morgan fingerprint density at radius 3 is 2.32 bits per heavy atom. The average Bonchev–Trinajstić information content (AvgIpc) is 2.61. The Morgan fingerprint density at radius 2 is 1.72 bits per heavy atom. The third kappa shape index (κ3) is 6.85. The first-order valence-electron chi connectivity index (χ1n) is 9.09. The first-order chi connectivity index (χ1) is 12.1. The van der Waals surface area contributed by atoms with E-state index in [1.165, 1.54) is 28.9 Å². The summed E-state index contributed by atoms with van der Waals surface area (Å²) in [5.41, 5.74) is 3.66. The van der Waals surface area contributed by atoms with Crippen molar-refractivity contribution in [2.45, 2.75) is 32.2 Å². The van der Waals surface area contributed by atoms with Crippen molar-refractivity contribution in [1.82, 2.24) is 5.32 Å². The van der Waals surface area contributed by atoms with E-state index in [2.05, 4.69) is 80.2 Å². The van der Waals surface area contributed by atoms with Crippen molar-refractivity contribution in [2.24, 2.45) is 0 Å². The van der Waals surface area contributed by atoms with E-state index in [0.717, 1.165) is 18.7 Å². The van der Waals surface area contributed by atoms with E-state index in [-0.39, 0.29) is 6.04 Å². The number of benzene rings is 2. The molecule has 0 aromatic heterocycles. The lowest BCUT2D eigenvalue weighted by Crippen LogP contribution is -3.06. The SMILES string of the molecule is CCCCc1ccc(NC(=S)N[C@@H](C[NH+](C)C)c2ccccc2)cc1. The molecule has 0 saturated heterocycles. The number of hydrogen-bond acceptors (Lipinski definition) is 1. The standard InChI is InChI=1S/C21H29N3S/c1-4-5-9-17-12-14-19(15-13-17)22-21(25)23-20(16-24(2)3)18-10-7-6-8-11-18/h6-8,10-15,20H,4-5,9,16H2,1-3H3,(H2,22,23,25)/p+1/t20-/m0/s1. The predicted molar refractivity (Wildman–Crippen MR) is 111 cm³/mol. The molecule has 0 aliphatic carbocycles. The molecule has 0 heterocycles. The van der Waals surface area contributed by atoms with Crippen molar-refractivity contribution in [3.05, 3.63) is 65.7 Å². The molecule has 2 aromatic rings. The number of hydrogen-bond donors (Lipinski definition) is 3. The molecular formula is C21H30N3S+. The third-order valence-electron chi connectivity index (χ3n) is 4.15. The van der Waals surface area contributed by atoms with Crippen LogP contribution in [0.25, 0.3) is 0 Å². The van der Waals surface area contributed by atoms with Gasteiger partial charge in [0.2, 0.25) is 0 Å². The molecule has 3 nitrogen and oxygen atoms in total. The summed E-state index contributed by atoms with van der Waals surface area (Å²) in [4.78, 5) is 1.38. The maximum absolute atomic E-state index is 5.54. The third-order valence-corrected chi connectivity index (χ3v) is 4.37. The van der Waals surface area contributed by atoms with Gasteiger partial charge in [0.25, 0.3) is 0 Å². The largest absolute Gasteiger partial charge is 0.350 e. The van der Waals surface area contributed by atoms with Crippen LogP contribution in [0.4, 0.5) is 5.69 Å². The van der Waals surface area contributed by atoms with Crippen LogP contribution in [0.3, 0.4) is 0 Å². The molecule has 25 heavy (non-hydrogen) atoms. The molecular weight excluding hydrogens is 326 g/mol. The van der Waals surface area contributed by atoms with Gasteiger partial charge in [-0.3, -0.25) is 0 Å². The highest BCUT2D eigenvalue weighted by Crippen LogP contribution is 2.14. The van der Waals surface area contributed by atoms with Gasteiger partial charge in [-0.1, -0.05) is 55.8 Å². The fourth-order valence-electron chi connectivity index (χ4n) is 2.81. The Kier molecular flexibility index (Phi) is 7.89. The van der Waals surface area contributed by atoms with E-state index >= 15 is 0 Å². The van der Waals surface area contributed by atoms with Crippen LogP contribution in [0.2, 0.25) is 0 Å². The molecule has 4 heteroatoms. The molecule has 2 rings (SSSR count). The lowest BCUT2D eigenvalue weighted by Gasteiger charge is -2.22. The van der Waals surface area contributed by atoms with E-state index in [1.54, 1.807) is 0 Å². The maximum atomic E-state index is 5.54. The van der Waals surface area contributed by atoms with Crippen LogP contribution in [0.5, 0.6) is 0 Å². The number of unbranched alkanes of at least 4 members (excludes halogenated alkanes) is 1. The molecule has 0 aliphatic heterocycles. The topological polar surface area (TPSA) is 28.5 Å². The maximum Gasteiger partial charge on any atom is 0.171 e. The molecule has 1 atom stereocenters. The van der Waals surface area contributed by atoms with Gasteiger partial charge in [-0.15, -0.1) is 0 Å². The lowest BCUT2D eigenvalue weighted by molar-refractivity contribution is -0.860. The van der Waals surface area contributed by atoms with Gasteiger partial charge in [0, 0.05) is 5.69 Å². The van der Waals surface area contributed by atoms with Crippen LogP contribution in [0, 0.1) is 0 Å². The number of nitrogens with one attached hydrogen (secondary N) is 3. The molecule has 0 fully saturated rings. The van der Waals surface area contributed by atoms with Gasteiger partial charge in [0.05, 0.1) is 14.1 Å². The first-order valence-corrected chi connectivity index (χ1v) is 9.49. The van der Waals surface area contributed by atoms with Crippen molar-refractivity contribution in [2.75, 3.05) is 26.0 Å². The Morgan fingerprint density at radius 1 is 1.04 bits per heavy atom. The van der Waals surface area contributed by atoms with Crippen molar-refractivity contribution < 1.29 is 4.90 Å². The number of quaternary nitrogens is 1. The van der Waals surface area contributed by atoms with Crippen LogP contribution in [0.15, 0.2) is 54.6 Å². The molecule has 0 spiro atoms. The van der Waals surface area contributed by atoms with Crippen molar-refractivity contribution >= 4 is 23.0 Å². The molecule has 0 amide bonds. The Balaban J connectivity index is 1.96. The minimum absolute atomic E-state index is 0.190. The highest BCUT2D eigenvalue weighted by Gasteiger charge is 2.15. The van der Waals surface area contributed by atoms with Gasteiger partial charge >= 0.3 is 0 Å². The van der Waals surface area contributed by atoms with Crippen LogP contribution < -0.4 is 15.5 Å². The first kappa shape index (κ1) is 19.4. The Hall–Kier alpha value is -1.91. The zero-order valence-electron chi connectivity index (χ0n) is 15.5. The molecule has 0 bridgehead atoms. The van der Waals surface area contributed by atoms with Crippen molar-refractivity contribution in [3.63, 3.8) is 0 Å². The predicted octanol–water partition coefficient (Wildman–Crippen LogP) is 3.20.